The Morgan fingerprint density at radius 1 is 1.03 bits per heavy atom. The Hall–Kier alpha value is -4.43. The molecule has 0 aliphatic carbocycles. The molecule has 0 aliphatic heterocycles. The molecule has 8 heteroatoms. The van der Waals surface area contributed by atoms with Crippen LogP contribution in [0.5, 0.6) is 11.5 Å². The number of carbonyl (C=O) groups excluding carboxylic acids is 1. The van der Waals surface area contributed by atoms with Crippen LogP contribution in [0.15, 0.2) is 83.7 Å². The summed E-state index contributed by atoms with van der Waals surface area (Å²) in [6.45, 7) is 3.67. The van der Waals surface area contributed by atoms with Gasteiger partial charge in [0, 0.05) is 19.0 Å². The van der Waals surface area contributed by atoms with Crippen LogP contribution in [0.2, 0.25) is 0 Å². The van der Waals surface area contributed by atoms with Crippen molar-refractivity contribution in [1.29, 1.82) is 0 Å². The number of rotatable bonds is 11. The maximum Gasteiger partial charge on any atom is 0.294 e. The summed E-state index contributed by atoms with van der Waals surface area (Å²) in [4.78, 5) is 35.9. The van der Waals surface area contributed by atoms with Crippen LogP contribution in [0.1, 0.15) is 41.3 Å². The summed E-state index contributed by atoms with van der Waals surface area (Å²) >= 11 is 0. The molecule has 0 radical (unpaired) electrons. The van der Waals surface area contributed by atoms with Crippen LogP contribution in [-0.2, 0) is 13.0 Å². The van der Waals surface area contributed by atoms with Gasteiger partial charge in [-0.3, -0.25) is 9.59 Å². The van der Waals surface area contributed by atoms with Crippen LogP contribution < -0.4 is 15.0 Å². The monoisotopic (exact) mass is 527 g/mol. The minimum Gasteiger partial charge on any atom is -0.497 e. The molecule has 1 aromatic heterocycles. The molecule has 0 bridgehead atoms. The van der Waals surface area contributed by atoms with Gasteiger partial charge in [-0.05, 0) is 48.2 Å². The van der Waals surface area contributed by atoms with E-state index in [1.807, 2.05) is 92.7 Å². The van der Waals surface area contributed by atoms with Gasteiger partial charge in [-0.25, -0.2) is 4.98 Å². The Morgan fingerprint density at radius 2 is 1.72 bits per heavy atom. The molecule has 2 N–H and O–H groups in total. The number of aliphatic hydroxyl groups excluding tert-OH is 1. The van der Waals surface area contributed by atoms with E-state index in [9.17, 15) is 14.7 Å². The van der Waals surface area contributed by atoms with Crippen molar-refractivity contribution in [2.24, 2.45) is 0 Å². The van der Waals surface area contributed by atoms with Crippen LogP contribution in [0.25, 0.3) is 11.1 Å². The predicted molar refractivity (Wildman–Crippen MR) is 150 cm³/mol. The molecule has 0 fully saturated rings. The average Bonchev–Trinajstić information content (AvgIpc) is 2.95. The van der Waals surface area contributed by atoms with Gasteiger partial charge >= 0.3 is 0 Å². The highest BCUT2D eigenvalue weighted by Crippen LogP contribution is 2.29. The summed E-state index contributed by atoms with van der Waals surface area (Å²) in [5.41, 5.74) is 3.05. The predicted octanol–water partition coefficient (Wildman–Crippen LogP) is 4.46. The van der Waals surface area contributed by atoms with E-state index in [1.165, 1.54) is 4.90 Å². The Labute approximate surface area is 227 Å². The highest BCUT2D eigenvalue weighted by Gasteiger charge is 2.27. The van der Waals surface area contributed by atoms with E-state index < -0.39 is 11.5 Å². The van der Waals surface area contributed by atoms with Gasteiger partial charge in [0.25, 0.3) is 11.5 Å². The fourth-order valence-corrected chi connectivity index (χ4v) is 4.36. The van der Waals surface area contributed by atoms with Gasteiger partial charge in [-0.1, -0.05) is 66.7 Å². The van der Waals surface area contributed by atoms with Crippen molar-refractivity contribution in [3.8, 4) is 22.6 Å². The summed E-state index contributed by atoms with van der Waals surface area (Å²) in [6.07, 6.45) is 0.248. The van der Waals surface area contributed by atoms with Crippen molar-refractivity contribution in [2.45, 2.75) is 32.9 Å². The summed E-state index contributed by atoms with van der Waals surface area (Å²) in [6, 6.07) is 24.8. The molecule has 4 aromatic rings. The van der Waals surface area contributed by atoms with Crippen LogP contribution in [0, 0.1) is 0 Å². The first-order chi connectivity index (χ1) is 18.9. The fraction of sp³-hybridized carbons (Fsp3) is 0.258. The number of amides is 1. The minimum atomic E-state index is -0.545. The average molecular weight is 528 g/mol. The van der Waals surface area contributed by atoms with Gasteiger partial charge in [0.05, 0.1) is 13.7 Å². The second kappa shape index (κ2) is 12.9. The van der Waals surface area contributed by atoms with E-state index >= 15 is 0 Å². The zero-order valence-electron chi connectivity index (χ0n) is 22.4. The lowest BCUT2D eigenvalue weighted by Crippen LogP contribution is -2.40. The van der Waals surface area contributed by atoms with Crippen molar-refractivity contribution in [1.82, 2.24) is 14.9 Å². The summed E-state index contributed by atoms with van der Waals surface area (Å²) < 4.78 is 11.3. The molecule has 202 valence electrons. The first-order valence-electron chi connectivity index (χ1n) is 12.8. The van der Waals surface area contributed by atoms with Gasteiger partial charge in [0.2, 0.25) is 5.75 Å². The van der Waals surface area contributed by atoms with Gasteiger partial charge in [-0.15, -0.1) is 0 Å². The molecule has 8 nitrogen and oxygen atoms in total. The Kier molecular flexibility index (Phi) is 9.12. The molecule has 0 aliphatic rings. The molecule has 0 spiro atoms. The van der Waals surface area contributed by atoms with E-state index in [0.717, 1.165) is 22.3 Å². The van der Waals surface area contributed by atoms with Gasteiger partial charge in [0.15, 0.2) is 5.69 Å². The van der Waals surface area contributed by atoms with Crippen molar-refractivity contribution in [3.63, 3.8) is 0 Å². The molecule has 39 heavy (non-hydrogen) atoms. The Balaban J connectivity index is 1.77. The molecule has 1 amide bonds. The van der Waals surface area contributed by atoms with Crippen molar-refractivity contribution in [2.75, 3.05) is 20.3 Å². The molecule has 0 atom stereocenters. The molecule has 4 rings (SSSR count). The smallest absolute Gasteiger partial charge is 0.294 e. The van der Waals surface area contributed by atoms with E-state index in [-0.39, 0.29) is 43.7 Å². The van der Waals surface area contributed by atoms with Crippen molar-refractivity contribution >= 4 is 5.91 Å². The Bertz CT molecular complexity index is 1450. The second-order valence-electron chi connectivity index (χ2n) is 9.35. The lowest BCUT2D eigenvalue weighted by Gasteiger charge is -2.26. The van der Waals surface area contributed by atoms with E-state index in [1.54, 1.807) is 7.11 Å². The largest absolute Gasteiger partial charge is 0.497 e. The number of nitrogens with one attached hydrogen (secondary N) is 1. The normalized spacial score (nSPS) is 10.9. The lowest BCUT2D eigenvalue weighted by molar-refractivity contribution is 0.0653. The standard InChI is InChI=1S/C31H33N3O5/c1-21(2)34(16-17-35)31(37)28-29(39-20-22-10-6-4-7-11-22)30(36)33-27(32-28)19-24-18-25(38-3)14-15-26(24)23-12-8-5-9-13-23/h4-15,18,21,35H,16-17,19-20H2,1-3H3,(H,32,33,36). The van der Waals surface area contributed by atoms with E-state index in [0.29, 0.717) is 11.6 Å². The number of carbonyl (C=O) groups is 1. The molecular weight excluding hydrogens is 494 g/mol. The zero-order valence-corrected chi connectivity index (χ0v) is 22.4. The first kappa shape index (κ1) is 27.6. The van der Waals surface area contributed by atoms with Gasteiger partial charge in [-0.2, -0.15) is 0 Å². The number of hydrogen-bond acceptors (Lipinski definition) is 6. The number of nitrogens with zero attached hydrogens (tertiary/aromatic N) is 2. The molecule has 0 unspecified atom stereocenters. The number of ether oxygens (including phenoxy) is 2. The molecule has 1 heterocycles. The van der Waals surface area contributed by atoms with Crippen LogP contribution in [0.4, 0.5) is 0 Å². The fourth-order valence-electron chi connectivity index (χ4n) is 4.36. The highest BCUT2D eigenvalue weighted by molar-refractivity contribution is 5.95. The number of aliphatic hydroxyl groups is 1. The van der Waals surface area contributed by atoms with E-state index in [2.05, 4.69) is 9.97 Å². The number of benzene rings is 3. The summed E-state index contributed by atoms with van der Waals surface area (Å²) in [5.74, 6) is 0.349. The molecule has 0 saturated heterocycles. The zero-order chi connectivity index (χ0) is 27.8. The summed E-state index contributed by atoms with van der Waals surface area (Å²) in [7, 11) is 1.60. The van der Waals surface area contributed by atoms with Crippen LogP contribution in [-0.4, -0.2) is 52.2 Å². The molecular formula is C31H33N3O5. The van der Waals surface area contributed by atoms with Crippen LogP contribution in [0.3, 0.4) is 0 Å². The number of H-pyrrole nitrogens is 1. The third-order valence-electron chi connectivity index (χ3n) is 6.33. The second-order valence-corrected chi connectivity index (χ2v) is 9.35. The first-order valence-corrected chi connectivity index (χ1v) is 12.8. The third-order valence-corrected chi connectivity index (χ3v) is 6.33. The van der Waals surface area contributed by atoms with Crippen molar-refractivity contribution < 1.29 is 19.4 Å². The topological polar surface area (TPSA) is 105 Å². The van der Waals surface area contributed by atoms with Gasteiger partial charge < -0.3 is 24.5 Å². The maximum atomic E-state index is 13.7. The number of aromatic nitrogens is 2. The summed E-state index contributed by atoms with van der Waals surface area (Å²) in [5, 5.41) is 9.57. The SMILES string of the molecule is COc1ccc(-c2ccccc2)c(Cc2nc(C(=O)N(CCO)C(C)C)c(OCc3ccccc3)c(=O)[nH]2)c1. The highest BCUT2D eigenvalue weighted by atomic mass is 16.5. The van der Waals surface area contributed by atoms with E-state index in [4.69, 9.17) is 9.47 Å². The lowest BCUT2D eigenvalue weighted by atomic mass is 9.97. The quantitative estimate of drug-likeness (QED) is 0.299. The van der Waals surface area contributed by atoms with Crippen LogP contribution >= 0.6 is 0 Å². The van der Waals surface area contributed by atoms with Gasteiger partial charge in [0.1, 0.15) is 18.2 Å². The number of methoxy groups -OCH3 is 1. The molecule has 0 saturated carbocycles. The molecule has 3 aromatic carbocycles. The minimum absolute atomic E-state index is 0.0870. The van der Waals surface area contributed by atoms with Crippen molar-refractivity contribution in [3.05, 3.63) is 112 Å². The Morgan fingerprint density at radius 3 is 2.36 bits per heavy atom. The number of aromatic amines is 1. The number of hydrogen-bond donors (Lipinski definition) is 2. The third kappa shape index (κ3) is 6.72. The maximum absolute atomic E-state index is 13.7.